The van der Waals surface area contributed by atoms with Crippen LogP contribution in [0.4, 0.5) is 11.4 Å². The molecule has 5 aromatic carbocycles. The lowest BCUT2D eigenvalue weighted by Crippen LogP contribution is -2.26. The molecular formula is C32H23NO. The van der Waals surface area contributed by atoms with Gasteiger partial charge in [0.25, 0.3) is 0 Å². The smallest absolute Gasteiger partial charge is 0.119 e. The summed E-state index contributed by atoms with van der Waals surface area (Å²) in [6.07, 6.45) is 0. The van der Waals surface area contributed by atoms with Crippen LogP contribution in [-0.4, -0.2) is 7.11 Å². The van der Waals surface area contributed by atoms with E-state index < -0.39 is 0 Å². The van der Waals surface area contributed by atoms with Crippen LogP contribution >= 0.6 is 0 Å². The van der Waals surface area contributed by atoms with Gasteiger partial charge in [-0.1, -0.05) is 84.9 Å². The van der Waals surface area contributed by atoms with Crippen LogP contribution in [0.3, 0.4) is 0 Å². The summed E-state index contributed by atoms with van der Waals surface area (Å²) in [5.74, 6) is 0.853. The Morgan fingerprint density at radius 1 is 0.529 bits per heavy atom. The normalized spacial score (nSPS) is 13.7. The Balaban J connectivity index is 1.56. The number of hydrogen-bond donors (Lipinski definition) is 1. The van der Waals surface area contributed by atoms with E-state index in [4.69, 9.17) is 4.74 Å². The zero-order valence-electron chi connectivity index (χ0n) is 18.9. The Hall–Kier alpha value is -4.30. The molecule has 0 aromatic heterocycles. The number of benzene rings is 5. The maximum absolute atomic E-state index is 5.36. The Kier molecular flexibility index (Phi) is 4.01. The zero-order chi connectivity index (χ0) is 22.7. The van der Waals surface area contributed by atoms with Gasteiger partial charge in [0.2, 0.25) is 0 Å². The van der Waals surface area contributed by atoms with Crippen LogP contribution in [0.2, 0.25) is 0 Å². The molecule has 2 heteroatoms. The van der Waals surface area contributed by atoms with Crippen LogP contribution in [0, 0.1) is 0 Å². The lowest BCUT2D eigenvalue weighted by molar-refractivity contribution is 0.415. The molecule has 0 fully saturated rings. The van der Waals surface area contributed by atoms with Gasteiger partial charge in [-0.15, -0.1) is 0 Å². The Labute approximate surface area is 199 Å². The number of rotatable bonds is 3. The van der Waals surface area contributed by atoms with Gasteiger partial charge in [-0.25, -0.2) is 0 Å². The van der Waals surface area contributed by atoms with Crippen LogP contribution in [0.15, 0.2) is 115 Å². The van der Waals surface area contributed by atoms with E-state index in [9.17, 15) is 0 Å². The molecule has 0 saturated heterocycles. The highest BCUT2D eigenvalue weighted by molar-refractivity contribution is 5.98. The fourth-order valence-electron chi connectivity index (χ4n) is 6.09. The van der Waals surface area contributed by atoms with E-state index in [0.29, 0.717) is 0 Å². The first-order chi connectivity index (χ1) is 16.8. The van der Waals surface area contributed by atoms with Gasteiger partial charge in [0.1, 0.15) is 5.75 Å². The molecule has 0 amide bonds. The van der Waals surface area contributed by atoms with Gasteiger partial charge in [0, 0.05) is 16.9 Å². The lowest BCUT2D eigenvalue weighted by atomic mass is 9.70. The van der Waals surface area contributed by atoms with E-state index in [-0.39, 0.29) is 5.41 Å². The van der Waals surface area contributed by atoms with E-state index in [1.54, 1.807) is 7.11 Å². The zero-order valence-corrected chi connectivity index (χ0v) is 18.9. The molecule has 0 saturated carbocycles. The van der Waals surface area contributed by atoms with Gasteiger partial charge in [0.15, 0.2) is 0 Å². The second-order valence-electron chi connectivity index (χ2n) is 8.97. The fourth-order valence-corrected chi connectivity index (χ4v) is 6.09. The van der Waals surface area contributed by atoms with Crippen molar-refractivity contribution < 1.29 is 4.74 Å². The molecule has 0 unspecified atom stereocenters. The summed E-state index contributed by atoms with van der Waals surface area (Å²) in [6, 6.07) is 41.5. The Morgan fingerprint density at radius 3 is 1.59 bits per heavy atom. The molecule has 0 radical (unpaired) electrons. The third-order valence-electron chi connectivity index (χ3n) is 7.38. The summed E-state index contributed by atoms with van der Waals surface area (Å²) in [7, 11) is 1.70. The van der Waals surface area contributed by atoms with E-state index in [0.717, 1.165) is 17.1 Å². The minimum atomic E-state index is -0.352. The minimum Gasteiger partial charge on any atom is -0.497 e. The number of methoxy groups -OCH3 is 1. The maximum atomic E-state index is 5.36. The van der Waals surface area contributed by atoms with E-state index in [1.807, 2.05) is 12.1 Å². The Bertz CT molecular complexity index is 1500. The third-order valence-corrected chi connectivity index (χ3v) is 7.38. The number of fused-ring (bicyclic) bond motifs is 10. The van der Waals surface area contributed by atoms with Crippen molar-refractivity contribution >= 4 is 11.4 Å². The van der Waals surface area contributed by atoms with Crippen molar-refractivity contribution in [2.75, 3.05) is 12.4 Å². The van der Waals surface area contributed by atoms with Crippen molar-refractivity contribution in [1.29, 1.82) is 0 Å². The third kappa shape index (κ3) is 2.40. The van der Waals surface area contributed by atoms with Crippen molar-refractivity contribution in [2.24, 2.45) is 0 Å². The standard InChI is InChI=1S/C32H23NO/c1-34-22-19-17-21(18-20-22)33-30-16-8-12-26-25-11-4-7-15-29(25)32(31(26)30)27-13-5-2-9-23(27)24-10-3-6-14-28(24)32/h2-20,33H,1H3. The predicted octanol–water partition coefficient (Wildman–Crippen LogP) is 7.78. The van der Waals surface area contributed by atoms with Gasteiger partial charge >= 0.3 is 0 Å². The highest BCUT2D eigenvalue weighted by Crippen LogP contribution is 2.64. The van der Waals surface area contributed by atoms with E-state index in [1.165, 1.54) is 44.5 Å². The van der Waals surface area contributed by atoms with Gasteiger partial charge < -0.3 is 10.1 Å². The highest BCUT2D eigenvalue weighted by atomic mass is 16.5. The molecular weight excluding hydrogens is 414 g/mol. The summed E-state index contributed by atoms with van der Waals surface area (Å²) in [6.45, 7) is 0. The van der Waals surface area contributed by atoms with E-state index >= 15 is 0 Å². The molecule has 0 bridgehead atoms. The van der Waals surface area contributed by atoms with Gasteiger partial charge in [0.05, 0.1) is 12.5 Å². The summed E-state index contributed by atoms with van der Waals surface area (Å²) >= 11 is 0. The fraction of sp³-hybridized carbons (Fsp3) is 0.0625. The molecule has 162 valence electrons. The molecule has 34 heavy (non-hydrogen) atoms. The number of anilines is 2. The summed E-state index contributed by atoms with van der Waals surface area (Å²) in [5, 5.41) is 3.75. The number of hydrogen-bond acceptors (Lipinski definition) is 2. The second kappa shape index (κ2) is 7.10. The minimum absolute atomic E-state index is 0.352. The van der Waals surface area contributed by atoms with E-state index in [2.05, 4.69) is 108 Å². The molecule has 7 rings (SSSR count). The molecule has 1 N–H and O–H groups in total. The van der Waals surface area contributed by atoms with Crippen LogP contribution < -0.4 is 10.1 Å². The molecule has 2 aliphatic carbocycles. The average Bonchev–Trinajstić information content (AvgIpc) is 3.37. The molecule has 2 nitrogen and oxygen atoms in total. The summed E-state index contributed by atoms with van der Waals surface area (Å²) in [5.41, 5.74) is 12.4. The Morgan fingerprint density at radius 2 is 1.03 bits per heavy atom. The quantitative estimate of drug-likeness (QED) is 0.305. The number of nitrogens with one attached hydrogen (secondary N) is 1. The molecule has 1 spiro atoms. The largest absolute Gasteiger partial charge is 0.497 e. The van der Waals surface area contributed by atoms with Gasteiger partial charge in [-0.3, -0.25) is 0 Å². The van der Waals surface area contributed by atoms with Crippen molar-refractivity contribution in [1.82, 2.24) is 0 Å². The molecule has 0 aliphatic heterocycles. The topological polar surface area (TPSA) is 21.3 Å². The molecule has 0 heterocycles. The number of ether oxygens (including phenoxy) is 1. The lowest BCUT2D eigenvalue weighted by Gasteiger charge is -2.32. The van der Waals surface area contributed by atoms with Crippen LogP contribution in [0.5, 0.6) is 5.75 Å². The first-order valence-corrected chi connectivity index (χ1v) is 11.7. The molecule has 5 aromatic rings. The van der Waals surface area contributed by atoms with Gasteiger partial charge in [-0.2, -0.15) is 0 Å². The van der Waals surface area contributed by atoms with Crippen LogP contribution in [0.25, 0.3) is 22.3 Å². The molecule has 2 aliphatic rings. The van der Waals surface area contributed by atoms with Crippen LogP contribution in [0.1, 0.15) is 22.3 Å². The SMILES string of the molecule is COc1ccc(Nc2cccc3c2C2(c4ccccc4-c4ccccc42)c2ccccc2-3)cc1. The first-order valence-electron chi connectivity index (χ1n) is 11.7. The van der Waals surface area contributed by atoms with Crippen LogP contribution in [-0.2, 0) is 5.41 Å². The van der Waals surface area contributed by atoms with Crippen molar-refractivity contribution in [2.45, 2.75) is 5.41 Å². The summed E-state index contributed by atoms with van der Waals surface area (Å²) in [4.78, 5) is 0. The predicted molar refractivity (Wildman–Crippen MR) is 139 cm³/mol. The first kappa shape index (κ1) is 19.2. The van der Waals surface area contributed by atoms with Crippen molar-refractivity contribution in [3.63, 3.8) is 0 Å². The highest BCUT2D eigenvalue weighted by Gasteiger charge is 2.52. The monoisotopic (exact) mass is 437 g/mol. The summed E-state index contributed by atoms with van der Waals surface area (Å²) < 4.78 is 5.36. The van der Waals surface area contributed by atoms with Crippen molar-refractivity contribution in [3.8, 4) is 28.0 Å². The van der Waals surface area contributed by atoms with Crippen molar-refractivity contribution in [3.05, 3.63) is 138 Å². The second-order valence-corrected chi connectivity index (χ2v) is 8.97. The molecule has 0 atom stereocenters. The average molecular weight is 438 g/mol. The van der Waals surface area contributed by atoms with Gasteiger partial charge in [-0.05, 0) is 69.3 Å². The maximum Gasteiger partial charge on any atom is 0.119 e.